The van der Waals surface area contributed by atoms with Crippen LogP contribution in [0.1, 0.15) is 22.4 Å². The molecule has 0 radical (unpaired) electrons. The highest BCUT2D eigenvalue weighted by Crippen LogP contribution is 2.23. The number of rotatable bonds is 6. The van der Waals surface area contributed by atoms with Crippen LogP contribution in [-0.4, -0.2) is 29.7 Å². The fourth-order valence-corrected chi connectivity index (χ4v) is 4.16. The van der Waals surface area contributed by atoms with Crippen molar-refractivity contribution in [2.45, 2.75) is 11.4 Å². The molecule has 0 fully saturated rings. The largest absolute Gasteiger partial charge is 0.494 e. The van der Waals surface area contributed by atoms with Crippen molar-refractivity contribution in [1.29, 1.82) is 0 Å². The van der Waals surface area contributed by atoms with E-state index in [9.17, 15) is 18.3 Å². The van der Waals surface area contributed by atoms with E-state index in [1.165, 1.54) is 12.3 Å². The van der Waals surface area contributed by atoms with E-state index in [1.807, 2.05) is 30.4 Å². The van der Waals surface area contributed by atoms with Crippen molar-refractivity contribution < 1.29 is 13.5 Å². The Morgan fingerprint density at radius 3 is 2.58 bits per heavy atom. The van der Waals surface area contributed by atoms with Gasteiger partial charge in [0.15, 0.2) is 0 Å². The number of H-pyrrole nitrogens is 1. The number of aromatic nitrogens is 2. The number of primary sulfonamides is 1. The van der Waals surface area contributed by atoms with Gasteiger partial charge >= 0.3 is 0 Å². The minimum absolute atomic E-state index is 0.0142. The summed E-state index contributed by atoms with van der Waals surface area (Å²) in [6.07, 6.45) is 6.79. The van der Waals surface area contributed by atoms with Gasteiger partial charge in [0.25, 0.3) is 5.56 Å². The van der Waals surface area contributed by atoms with E-state index >= 15 is 0 Å². The first-order chi connectivity index (χ1) is 15.8. The Morgan fingerprint density at radius 1 is 1.03 bits per heavy atom. The van der Waals surface area contributed by atoms with Crippen molar-refractivity contribution in [1.82, 2.24) is 9.97 Å². The number of nitrogens with zero attached hydrogens (tertiary/aromatic N) is 2. The van der Waals surface area contributed by atoms with Crippen LogP contribution in [0.4, 0.5) is 0 Å². The Morgan fingerprint density at radius 2 is 1.82 bits per heavy atom. The first-order valence-electron chi connectivity index (χ1n) is 9.91. The van der Waals surface area contributed by atoms with Gasteiger partial charge in [-0.1, -0.05) is 36.4 Å². The third-order valence-corrected chi connectivity index (χ3v) is 5.97. The summed E-state index contributed by atoms with van der Waals surface area (Å²) in [7, 11) is -3.90. The number of sulfonamides is 1. The predicted octanol–water partition coefficient (Wildman–Crippen LogP) is 3.07. The SMILES string of the molecule is NS(=O)(=O)c1ccccc1CN=Cc1c(O)[nH]c(=O)c2ccc(/C=C/c3ccccn3)cc12. The molecule has 8 nitrogen and oxygen atoms in total. The lowest BCUT2D eigenvalue weighted by Gasteiger charge is -2.07. The smallest absolute Gasteiger partial charge is 0.258 e. The maximum absolute atomic E-state index is 12.3. The number of hydrogen-bond donors (Lipinski definition) is 3. The van der Waals surface area contributed by atoms with Gasteiger partial charge in [0.05, 0.1) is 22.7 Å². The summed E-state index contributed by atoms with van der Waals surface area (Å²) in [6, 6.07) is 17.1. The summed E-state index contributed by atoms with van der Waals surface area (Å²) in [5.41, 5.74) is 1.88. The quantitative estimate of drug-likeness (QED) is 0.380. The molecular weight excluding hydrogens is 440 g/mol. The highest BCUT2D eigenvalue weighted by atomic mass is 32.2. The van der Waals surface area contributed by atoms with Gasteiger partial charge in [0, 0.05) is 23.2 Å². The molecule has 33 heavy (non-hydrogen) atoms. The molecule has 166 valence electrons. The molecule has 0 saturated heterocycles. The van der Waals surface area contributed by atoms with E-state index in [1.54, 1.807) is 42.6 Å². The second-order valence-electron chi connectivity index (χ2n) is 7.23. The van der Waals surface area contributed by atoms with Crippen LogP contribution in [0, 0.1) is 0 Å². The molecule has 0 atom stereocenters. The number of aromatic hydroxyl groups is 1. The van der Waals surface area contributed by atoms with Crippen LogP contribution in [0.3, 0.4) is 0 Å². The van der Waals surface area contributed by atoms with Gasteiger partial charge in [-0.2, -0.15) is 0 Å². The highest BCUT2D eigenvalue weighted by Gasteiger charge is 2.13. The third-order valence-electron chi connectivity index (χ3n) is 4.96. The standard InChI is InChI=1S/C24H20N4O4S/c25-33(31,32)22-7-2-1-5-17(22)14-26-15-21-20-13-16(8-10-18-6-3-4-12-27-18)9-11-19(20)23(29)28-24(21)30/h1-13,15H,14H2,(H2,25,31,32)(H2,28,29,30)/b10-8+,26-15?. The zero-order chi connectivity index (χ0) is 23.4. The summed E-state index contributed by atoms with van der Waals surface area (Å²) in [5.74, 6) is -0.332. The monoisotopic (exact) mass is 460 g/mol. The van der Waals surface area contributed by atoms with Crippen LogP contribution in [0.5, 0.6) is 5.88 Å². The van der Waals surface area contributed by atoms with Gasteiger partial charge in [-0.05, 0) is 47.5 Å². The molecule has 4 rings (SSSR count). The Labute approximate surface area is 189 Å². The molecule has 9 heteroatoms. The minimum Gasteiger partial charge on any atom is -0.494 e. The van der Waals surface area contributed by atoms with E-state index < -0.39 is 15.6 Å². The number of nitrogens with two attached hydrogens (primary N) is 1. The van der Waals surface area contributed by atoms with E-state index in [0.29, 0.717) is 21.9 Å². The normalized spacial score (nSPS) is 12.2. The van der Waals surface area contributed by atoms with Crippen LogP contribution in [0.2, 0.25) is 0 Å². The van der Waals surface area contributed by atoms with Crippen molar-refractivity contribution in [3.8, 4) is 5.88 Å². The van der Waals surface area contributed by atoms with Gasteiger partial charge in [0.1, 0.15) is 0 Å². The van der Waals surface area contributed by atoms with Gasteiger partial charge in [-0.3, -0.25) is 19.8 Å². The molecule has 0 saturated carbocycles. The highest BCUT2D eigenvalue weighted by molar-refractivity contribution is 7.89. The molecule has 0 aliphatic carbocycles. The maximum Gasteiger partial charge on any atom is 0.258 e. The van der Waals surface area contributed by atoms with E-state index in [2.05, 4.69) is 15.0 Å². The average Bonchev–Trinajstić information content (AvgIpc) is 2.80. The molecule has 4 aromatic rings. The van der Waals surface area contributed by atoms with E-state index in [-0.39, 0.29) is 17.3 Å². The minimum atomic E-state index is -3.90. The molecule has 0 bridgehead atoms. The molecule has 4 N–H and O–H groups in total. The summed E-state index contributed by atoms with van der Waals surface area (Å²) in [5, 5.41) is 16.5. The molecule has 0 amide bonds. The van der Waals surface area contributed by atoms with Crippen LogP contribution in [0.25, 0.3) is 22.9 Å². The van der Waals surface area contributed by atoms with Gasteiger partial charge < -0.3 is 5.11 Å². The lowest BCUT2D eigenvalue weighted by molar-refractivity contribution is 0.452. The second kappa shape index (κ2) is 9.19. The average molecular weight is 461 g/mol. The fourth-order valence-electron chi connectivity index (χ4n) is 3.39. The lowest BCUT2D eigenvalue weighted by atomic mass is 10.0. The maximum atomic E-state index is 12.3. The number of nitrogens with one attached hydrogen (secondary N) is 1. The van der Waals surface area contributed by atoms with Crippen molar-refractivity contribution in [3.05, 3.63) is 99.6 Å². The molecular formula is C24H20N4O4S. The zero-order valence-corrected chi connectivity index (χ0v) is 18.2. The fraction of sp³-hybridized carbons (Fsp3) is 0.0417. The molecule has 0 unspecified atom stereocenters. The molecule has 2 heterocycles. The number of aliphatic imine (C=N–C) groups is 1. The Balaban J connectivity index is 1.71. The summed E-state index contributed by atoms with van der Waals surface area (Å²) in [4.78, 5) is 23.3. The van der Waals surface area contributed by atoms with Crippen molar-refractivity contribution >= 4 is 39.2 Å². The molecule has 0 spiro atoms. The summed E-state index contributed by atoms with van der Waals surface area (Å²) in [6.45, 7) is 0.0198. The Kier molecular flexibility index (Phi) is 6.16. The molecule has 0 aliphatic rings. The Hall–Kier alpha value is -4.08. The van der Waals surface area contributed by atoms with E-state index in [0.717, 1.165) is 11.3 Å². The van der Waals surface area contributed by atoms with Crippen molar-refractivity contribution in [2.24, 2.45) is 10.1 Å². The number of hydrogen-bond acceptors (Lipinski definition) is 6. The van der Waals surface area contributed by atoms with Crippen LogP contribution in [-0.2, 0) is 16.6 Å². The number of benzene rings is 2. The van der Waals surface area contributed by atoms with Crippen LogP contribution >= 0.6 is 0 Å². The topological polar surface area (TPSA) is 138 Å². The van der Waals surface area contributed by atoms with Gasteiger partial charge in [-0.25, -0.2) is 13.6 Å². The van der Waals surface area contributed by atoms with Crippen molar-refractivity contribution in [2.75, 3.05) is 0 Å². The van der Waals surface area contributed by atoms with Crippen molar-refractivity contribution in [3.63, 3.8) is 0 Å². The summed E-state index contributed by atoms with van der Waals surface area (Å²) < 4.78 is 23.6. The summed E-state index contributed by atoms with van der Waals surface area (Å²) >= 11 is 0. The first-order valence-corrected chi connectivity index (χ1v) is 11.5. The Bertz CT molecular complexity index is 1540. The number of aromatic amines is 1. The third kappa shape index (κ3) is 5.05. The zero-order valence-electron chi connectivity index (χ0n) is 17.3. The molecule has 0 aliphatic heterocycles. The molecule has 2 aromatic heterocycles. The predicted molar refractivity (Wildman–Crippen MR) is 129 cm³/mol. The van der Waals surface area contributed by atoms with Gasteiger partial charge in [0.2, 0.25) is 15.9 Å². The number of fused-ring (bicyclic) bond motifs is 1. The molecule has 2 aromatic carbocycles. The first kappa shape index (κ1) is 22.1. The number of pyridine rings is 2. The van der Waals surface area contributed by atoms with Crippen LogP contribution < -0.4 is 10.7 Å². The van der Waals surface area contributed by atoms with Gasteiger partial charge in [-0.15, -0.1) is 0 Å². The second-order valence-corrected chi connectivity index (χ2v) is 8.76. The van der Waals surface area contributed by atoms with Crippen LogP contribution in [0.15, 0.2) is 81.5 Å². The lowest BCUT2D eigenvalue weighted by Crippen LogP contribution is -2.14. The van der Waals surface area contributed by atoms with E-state index in [4.69, 9.17) is 5.14 Å².